The van der Waals surface area contributed by atoms with Crippen molar-refractivity contribution in [3.05, 3.63) is 23.8 Å². The molecule has 5 heteroatoms. The summed E-state index contributed by atoms with van der Waals surface area (Å²) in [7, 11) is 0. The maximum atomic E-state index is 12.2. The summed E-state index contributed by atoms with van der Waals surface area (Å²) in [5.41, 5.74) is 6.93. The van der Waals surface area contributed by atoms with Gasteiger partial charge in [-0.25, -0.2) is 0 Å². The van der Waals surface area contributed by atoms with Gasteiger partial charge in [-0.2, -0.15) is 0 Å². The van der Waals surface area contributed by atoms with E-state index in [1.54, 1.807) is 4.90 Å². The lowest BCUT2D eigenvalue weighted by Crippen LogP contribution is -2.43. The van der Waals surface area contributed by atoms with E-state index < -0.39 is 6.04 Å². The summed E-state index contributed by atoms with van der Waals surface area (Å²) in [6, 6.07) is 5.34. The monoisotopic (exact) mass is 278 g/mol. The Morgan fingerprint density at radius 3 is 2.80 bits per heavy atom. The van der Waals surface area contributed by atoms with Crippen molar-refractivity contribution in [1.29, 1.82) is 0 Å². The number of fused-ring (bicyclic) bond motifs is 1. The Morgan fingerprint density at radius 1 is 1.35 bits per heavy atom. The van der Waals surface area contributed by atoms with E-state index in [0.29, 0.717) is 13.1 Å². The van der Waals surface area contributed by atoms with Crippen molar-refractivity contribution < 1.29 is 14.3 Å². The van der Waals surface area contributed by atoms with Crippen LogP contribution in [0.5, 0.6) is 11.5 Å². The van der Waals surface area contributed by atoms with Gasteiger partial charge in [0.25, 0.3) is 0 Å². The molecule has 1 amide bonds. The van der Waals surface area contributed by atoms with E-state index in [4.69, 9.17) is 15.2 Å². The van der Waals surface area contributed by atoms with Crippen LogP contribution in [0, 0.1) is 0 Å². The van der Waals surface area contributed by atoms with Crippen LogP contribution in [-0.2, 0) is 11.3 Å². The van der Waals surface area contributed by atoms with Crippen molar-refractivity contribution in [2.45, 2.75) is 39.3 Å². The van der Waals surface area contributed by atoms with Crippen molar-refractivity contribution in [3.8, 4) is 11.5 Å². The van der Waals surface area contributed by atoms with Crippen molar-refractivity contribution in [2.75, 3.05) is 13.3 Å². The van der Waals surface area contributed by atoms with E-state index >= 15 is 0 Å². The molecule has 1 heterocycles. The van der Waals surface area contributed by atoms with Gasteiger partial charge in [-0.05, 0) is 31.0 Å². The maximum absolute atomic E-state index is 12.2. The van der Waals surface area contributed by atoms with Crippen LogP contribution in [0.15, 0.2) is 18.2 Å². The molecule has 5 nitrogen and oxygen atoms in total. The fraction of sp³-hybridized carbons (Fsp3) is 0.533. The lowest BCUT2D eigenvalue weighted by molar-refractivity contribution is -0.133. The highest BCUT2D eigenvalue weighted by molar-refractivity contribution is 5.81. The third-order valence-electron chi connectivity index (χ3n) is 3.42. The zero-order chi connectivity index (χ0) is 14.5. The van der Waals surface area contributed by atoms with Gasteiger partial charge in [0.15, 0.2) is 11.5 Å². The number of amides is 1. The molecule has 1 aromatic rings. The van der Waals surface area contributed by atoms with Gasteiger partial charge in [0.1, 0.15) is 0 Å². The molecular weight excluding hydrogens is 256 g/mol. The highest BCUT2D eigenvalue weighted by atomic mass is 16.7. The Morgan fingerprint density at radius 2 is 2.10 bits per heavy atom. The predicted octanol–water partition coefficient (Wildman–Crippen LogP) is 1.89. The first kappa shape index (κ1) is 14.7. The standard InChI is InChI=1S/C15H22N2O3/c1-3-5-12(16)15(18)17(4-2)9-11-6-7-13-14(8-11)20-10-19-13/h6-8,12H,3-5,9-10,16H2,1-2H3/t12-/m0/s1. The first-order valence-electron chi connectivity index (χ1n) is 7.08. The van der Waals surface area contributed by atoms with Gasteiger partial charge in [-0.1, -0.05) is 19.4 Å². The number of carbonyl (C=O) groups is 1. The molecule has 1 aliphatic rings. The molecule has 1 aromatic carbocycles. The van der Waals surface area contributed by atoms with Crippen LogP contribution in [0.1, 0.15) is 32.3 Å². The first-order chi connectivity index (χ1) is 9.65. The zero-order valence-electron chi connectivity index (χ0n) is 12.1. The highest BCUT2D eigenvalue weighted by Gasteiger charge is 2.20. The number of benzene rings is 1. The van der Waals surface area contributed by atoms with Gasteiger partial charge in [0.2, 0.25) is 12.7 Å². The summed E-state index contributed by atoms with van der Waals surface area (Å²) in [5, 5.41) is 0. The lowest BCUT2D eigenvalue weighted by atomic mass is 10.1. The second-order valence-corrected chi connectivity index (χ2v) is 4.94. The van der Waals surface area contributed by atoms with Gasteiger partial charge >= 0.3 is 0 Å². The third kappa shape index (κ3) is 3.22. The van der Waals surface area contributed by atoms with Crippen LogP contribution < -0.4 is 15.2 Å². The molecule has 0 aliphatic carbocycles. The number of carbonyl (C=O) groups excluding carboxylic acids is 1. The third-order valence-corrected chi connectivity index (χ3v) is 3.42. The van der Waals surface area contributed by atoms with Crippen molar-refractivity contribution >= 4 is 5.91 Å². The van der Waals surface area contributed by atoms with Gasteiger partial charge in [-0.3, -0.25) is 4.79 Å². The Kier molecular flexibility index (Phi) is 4.84. The lowest BCUT2D eigenvalue weighted by Gasteiger charge is -2.24. The second-order valence-electron chi connectivity index (χ2n) is 4.94. The molecule has 0 spiro atoms. The van der Waals surface area contributed by atoms with Crippen LogP contribution >= 0.6 is 0 Å². The minimum Gasteiger partial charge on any atom is -0.454 e. The summed E-state index contributed by atoms with van der Waals surface area (Å²) in [4.78, 5) is 14.0. The minimum atomic E-state index is -0.408. The van der Waals surface area contributed by atoms with Crippen LogP contribution in [0.3, 0.4) is 0 Å². The summed E-state index contributed by atoms with van der Waals surface area (Å²) in [6.45, 7) is 5.44. The minimum absolute atomic E-state index is 0.00650. The Hall–Kier alpha value is -1.75. The molecule has 0 saturated carbocycles. The predicted molar refractivity (Wildman–Crippen MR) is 76.5 cm³/mol. The van der Waals surface area contributed by atoms with E-state index in [0.717, 1.165) is 29.9 Å². The molecule has 110 valence electrons. The average Bonchev–Trinajstić information content (AvgIpc) is 2.91. The largest absolute Gasteiger partial charge is 0.454 e. The van der Waals surface area contributed by atoms with Crippen molar-refractivity contribution in [3.63, 3.8) is 0 Å². The number of hydrogen-bond donors (Lipinski definition) is 1. The van der Waals surface area contributed by atoms with Crippen LogP contribution in [0.25, 0.3) is 0 Å². The number of rotatable bonds is 6. The van der Waals surface area contributed by atoms with Crippen LogP contribution in [-0.4, -0.2) is 30.2 Å². The van der Waals surface area contributed by atoms with Crippen molar-refractivity contribution in [1.82, 2.24) is 4.90 Å². The molecule has 20 heavy (non-hydrogen) atoms. The second kappa shape index (κ2) is 6.61. The number of likely N-dealkylation sites (N-methyl/N-ethyl adjacent to an activating group) is 1. The molecule has 0 fully saturated rings. The SMILES string of the molecule is CCC[C@H](N)C(=O)N(CC)Cc1ccc2c(c1)OCO2. The van der Waals surface area contributed by atoms with Gasteiger partial charge in [0, 0.05) is 13.1 Å². The number of nitrogens with two attached hydrogens (primary N) is 1. The highest BCUT2D eigenvalue weighted by Crippen LogP contribution is 2.32. The van der Waals surface area contributed by atoms with E-state index in [-0.39, 0.29) is 12.7 Å². The number of hydrogen-bond acceptors (Lipinski definition) is 4. The molecule has 0 bridgehead atoms. The van der Waals surface area contributed by atoms with Gasteiger partial charge in [-0.15, -0.1) is 0 Å². The molecule has 1 atom stereocenters. The maximum Gasteiger partial charge on any atom is 0.239 e. The quantitative estimate of drug-likeness (QED) is 0.863. The van der Waals surface area contributed by atoms with Crippen LogP contribution in [0.2, 0.25) is 0 Å². The topological polar surface area (TPSA) is 64.8 Å². The number of ether oxygens (including phenoxy) is 2. The van der Waals surface area contributed by atoms with E-state index in [1.165, 1.54) is 0 Å². The Balaban J connectivity index is 2.04. The molecule has 1 aliphatic heterocycles. The summed E-state index contributed by atoms with van der Waals surface area (Å²) >= 11 is 0. The van der Waals surface area contributed by atoms with Gasteiger partial charge < -0.3 is 20.1 Å². The Labute approximate surface area is 119 Å². The van der Waals surface area contributed by atoms with E-state index in [9.17, 15) is 4.79 Å². The summed E-state index contributed by atoms with van der Waals surface area (Å²) in [5.74, 6) is 1.50. The normalized spacial score (nSPS) is 14.2. The average molecular weight is 278 g/mol. The smallest absolute Gasteiger partial charge is 0.239 e. The first-order valence-corrected chi connectivity index (χ1v) is 7.08. The molecule has 0 radical (unpaired) electrons. The molecule has 0 saturated heterocycles. The van der Waals surface area contributed by atoms with E-state index in [1.807, 2.05) is 32.0 Å². The van der Waals surface area contributed by atoms with E-state index in [2.05, 4.69) is 0 Å². The van der Waals surface area contributed by atoms with Gasteiger partial charge in [0.05, 0.1) is 6.04 Å². The van der Waals surface area contributed by atoms with Crippen LogP contribution in [0.4, 0.5) is 0 Å². The molecule has 0 unspecified atom stereocenters. The fourth-order valence-electron chi connectivity index (χ4n) is 2.27. The fourth-order valence-corrected chi connectivity index (χ4v) is 2.27. The number of nitrogens with zero attached hydrogens (tertiary/aromatic N) is 1. The molecule has 0 aromatic heterocycles. The zero-order valence-corrected chi connectivity index (χ0v) is 12.1. The molecular formula is C15H22N2O3. The summed E-state index contributed by atoms with van der Waals surface area (Å²) < 4.78 is 10.6. The Bertz CT molecular complexity index is 476. The van der Waals surface area contributed by atoms with Crippen molar-refractivity contribution in [2.24, 2.45) is 5.73 Å². The summed E-state index contributed by atoms with van der Waals surface area (Å²) in [6.07, 6.45) is 1.63. The molecule has 2 rings (SSSR count). The molecule has 2 N–H and O–H groups in total.